The summed E-state index contributed by atoms with van der Waals surface area (Å²) in [5.74, 6) is 0.616. The van der Waals surface area contributed by atoms with Crippen LogP contribution in [0.15, 0.2) is 5.16 Å². The molecule has 0 fully saturated rings. The number of thioether (sulfide) groups is 1. The molecule has 4 nitrogen and oxygen atoms in total. The molecule has 1 N–H and O–H groups in total. The Balaban J connectivity index is 4.50. The van der Waals surface area contributed by atoms with Crippen molar-refractivity contribution in [2.45, 2.75) is 20.8 Å². The van der Waals surface area contributed by atoms with E-state index in [2.05, 4.69) is 9.99 Å². The molecule has 5 heteroatoms. The molecule has 0 rings (SSSR count). The number of nitrogens with zero attached hydrogens (tertiary/aromatic N) is 1. The van der Waals surface area contributed by atoms with E-state index in [0.717, 1.165) is 0 Å². The Hall–Kier alpha value is -0.710. The number of carbonyl (C=O) groups excluding carboxylic acids is 1. The summed E-state index contributed by atoms with van der Waals surface area (Å²) >= 11 is 1.55. The molecule has 1 amide bonds. The summed E-state index contributed by atoms with van der Waals surface area (Å²) in [5, 5.41) is 5.40. The van der Waals surface area contributed by atoms with Crippen molar-refractivity contribution in [3.63, 3.8) is 0 Å². The van der Waals surface area contributed by atoms with Crippen LogP contribution in [-0.4, -0.2) is 30.8 Å². The zero-order chi connectivity index (χ0) is 13.7. The summed E-state index contributed by atoms with van der Waals surface area (Å²) in [6.45, 7) is 3.25. The molecule has 0 aromatic heterocycles. The minimum absolute atomic E-state index is 0.233. The quantitative estimate of drug-likeness (QED) is 0.451. The zero-order valence-corrected chi connectivity index (χ0v) is 9.70. The molecular formula is C9H18N2O2S. The van der Waals surface area contributed by atoms with E-state index >= 15 is 0 Å². The molecule has 14 heavy (non-hydrogen) atoms. The number of carbonyl (C=O) groups is 1. The summed E-state index contributed by atoms with van der Waals surface area (Å²) < 4.78 is 20.5. The van der Waals surface area contributed by atoms with Crippen LogP contribution >= 0.6 is 11.8 Å². The van der Waals surface area contributed by atoms with Gasteiger partial charge in [0.25, 0.3) is 0 Å². The number of nitrogens with one attached hydrogen (secondary N) is 1. The van der Waals surface area contributed by atoms with Crippen LogP contribution in [0.1, 0.15) is 24.9 Å². The third kappa shape index (κ3) is 5.11. The predicted octanol–water partition coefficient (Wildman–Crippen LogP) is 2.11. The van der Waals surface area contributed by atoms with Crippen molar-refractivity contribution < 1.29 is 13.7 Å². The van der Waals surface area contributed by atoms with E-state index in [1.165, 1.54) is 0 Å². The Morgan fingerprint density at radius 1 is 1.64 bits per heavy atom. The van der Waals surface area contributed by atoms with Crippen LogP contribution in [0.25, 0.3) is 0 Å². The van der Waals surface area contributed by atoms with Gasteiger partial charge in [0, 0.05) is 22.3 Å². The lowest BCUT2D eigenvalue weighted by molar-refractivity contribution is 0.152. The number of oxime groups is 1. The average molecular weight is 221 g/mol. The second-order valence-corrected chi connectivity index (χ2v) is 4.59. The fraction of sp³-hybridized carbons (Fsp3) is 0.778. The van der Waals surface area contributed by atoms with E-state index in [-0.39, 0.29) is 5.41 Å². The third-order valence-corrected chi connectivity index (χ3v) is 2.05. The Bertz CT molecular complexity index is 298. The molecule has 0 spiro atoms. The first kappa shape index (κ1) is 8.59. The maximum atomic E-state index is 11.1. The second-order valence-electron chi connectivity index (χ2n) is 3.72. The average Bonchev–Trinajstić information content (AvgIpc) is 2.07. The SMILES string of the molecule is [2H]C([2H])([2H])NC(=O)ON=C(CSC)C(C)(C)C. The van der Waals surface area contributed by atoms with Crippen LogP contribution in [0.4, 0.5) is 4.79 Å². The standard InChI is InChI=1S/C9H18N2O2S/c1-9(2,3)7(6-14-5)11-13-8(12)10-4/h6H2,1-5H3,(H,10,12)/i4D3. The molecule has 0 radical (unpaired) electrons. The summed E-state index contributed by atoms with van der Waals surface area (Å²) in [4.78, 5) is 15.6. The van der Waals surface area contributed by atoms with Crippen LogP contribution < -0.4 is 5.32 Å². The molecule has 0 atom stereocenters. The largest absolute Gasteiger partial charge is 0.433 e. The van der Waals surface area contributed by atoms with Gasteiger partial charge < -0.3 is 5.32 Å². The highest BCUT2D eigenvalue weighted by atomic mass is 32.2. The zero-order valence-electron chi connectivity index (χ0n) is 11.9. The molecule has 0 saturated heterocycles. The molecular weight excluding hydrogens is 200 g/mol. The Kier molecular flexibility index (Phi) is 3.62. The van der Waals surface area contributed by atoms with Crippen molar-refractivity contribution >= 4 is 23.6 Å². The van der Waals surface area contributed by atoms with Crippen molar-refractivity contribution in [2.75, 3.05) is 19.0 Å². The summed E-state index contributed by atoms with van der Waals surface area (Å²) in [6.07, 6.45) is 0.830. The second kappa shape index (κ2) is 5.90. The molecule has 0 aliphatic rings. The van der Waals surface area contributed by atoms with Crippen LogP contribution in [-0.2, 0) is 4.84 Å². The number of hydrogen-bond acceptors (Lipinski definition) is 4. The van der Waals surface area contributed by atoms with Crippen molar-refractivity contribution in [1.82, 2.24) is 5.32 Å². The fourth-order valence-electron chi connectivity index (χ4n) is 0.636. The van der Waals surface area contributed by atoms with Gasteiger partial charge in [-0.3, -0.25) is 4.84 Å². The number of rotatable bonds is 3. The molecule has 0 bridgehead atoms. The van der Waals surface area contributed by atoms with Crippen molar-refractivity contribution in [2.24, 2.45) is 10.6 Å². The first-order valence-corrected chi connectivity index (χ1v) is 5.51. The lowest BCUT2D eigenvalue weighted by Gasteiger charge is -2.19. The Morgan fingerprint density at radius 2 is 2.29 bits per heavy atom. The molecule has 0 unspecified atom stereocenters. The summed E-state index contributed by atoms with van der Waals surface area (Å²) in [5.41, 5.74) is 0.453. The minimum atomic E-state index is -2.56. The molecule has 82 valence electrons. The van der Waals surface area contributed by atoms with Gasteiger partial charge in [-0.05, 0) is 6.26 Å². The topological polar surface area (TPSA) is 50.7 Å². The normalized spacial score (nSPS) is 16.6. The van der Waals surface area contributed by atoms with Crippen molar-refractivity contribution in [1.29, 1.82) is 0 Å². The Labute approximate surface area is 93.7 Å². The highest BCUT2D eigenvalue weighted by Crippen LogP contribution is 2.18. The van der Waals surface area contributed by atoms with Gasteiger partial charge >= 0.3 is 6.09 Å². The molecule has 0 aromatic rings. The fourth-order valence-corrected chi connectivity index (χ4v) is 1.40. The summed E-state index contributed by atoms with van der Waals surface area (Å²) in [7, 11) is 0. The molecule has 0 saturated carbocycles. The van der Waals surface area contributed by atoms with Crippen LogP contribution in [0, 0.1) is 5.41 Å². The summed E-state index contributed by atoms with van der Waals surface area (Å²) in [6, 6.07) is 0. The van der Waals surface area contributed by atoms with Gasteiger partial charge in [0.15, 0.2) is 0 Å². The smallest absolute Gasteiger partial charge is 0.323 e. The maximum Gasteiger partial charge on any atom is 0.433 e. The molecule has 0 heterocycles. The lowest BCUT2D eigenvalue weighted by atomic mass is 9.91. The van der Waals surface area contributed by atoms with Gasteiger partial charge in [0.1, 0.15) is 0 Å². The van der Waals surface area contributed by atoms with Gasteiger partial charge in [0.2, 0.25) is 0 Å². The van der Waals surface area contributed by atoms with E-state index in [4.69, 9.17) is 4.11 Å². The van der Waals surface area contributed by atoms with E-state index in [0.29, 0.717) is 11.5 Å². The first-order chi connectivity index (χ1) is 7.56. The van der Waals surface area contributed by atoms with E-state index in [1.807, 2.05) is 27.0 Å². The molecule has 0 aliphatic carbocycles. The van der Waals surface area contributed by atoms with Gasteiger partial charge in [-0.25, -0.2) is 4.79 Å². The molecule has 0 aliphatic heterocycles. The first-order valence-electron chi connectivity index (χ1n) is 5.61. The van der Waals surface area contributed by atoms with E-state index in [1.54, 1.807) is 17.1 Å². The highest BCUT2D eigenvalue weighted by molar-refractivity contribution is 7.99. The van der Waals surface area contributed by atoms with Gasteiger partial charge in [-0.2, -0.15) is 11.8 Å². The number of amides is 1. The van der Waals surface area contributed by atoms with Gasteiger partial charge in [-0.1, -0.05) is 25.9 Å². The predicted molar refractivity (Wildman–Crippen MR) is 60.8 cm³/mol. The van der Waals surface area contributed by atoms with Gasteiger partial charge in [0.05, 0.1) is 5.71 Å². The van der Waals surface area contributed by atoms with Crippen LogP contribution in [0.3, 0.4) is 0 Å². The van der Waals surface area contributed by atoms with E-state index < -0.39 is 13.1 Å². The third-order valence-electron chi connectivity index (χ3n) is 1.49. The monoisotopic (exact) mass is 221 g/mol. The number of hydrogen-bond donors (Lipinski definition) is 1. The van der Waals surface area contributed by atoms with Gasteiger partial charge in [-0.15, -0.1) is 0 Å². The minimum Gasteiger partial charge on any atom is -0.323 e. The van der Waals surface area contributed by atoms with Crippen molar-refractivity contribution in [3.05, 3.63) is 0 Å². The van der Waals surface area contributed by atoms with Crippen LogP contribution in [0.5, 0.6) is 0 Å². The Morgan fingerprint density at radius 3 is 2.71 bits per heavy atom. The molecule has 0 aromatic carbocycles. The van der Waals surface area contributed by atoms with Crippen molar-refractivity contribution in [3.8, 4) is 0 Å². The lowest BCUT2D eigenvalue weighted by Crippen LogP contribution is -2.25. The maximum absolute atomic E-state index is 11.1. The van der Waals surface area contributed by atoms with E-state index in [9.17, 15) is 4.79 Å². The van der Waals surface area contributed by atoms with Crippen LogP contribution in [0.2, 0.25) is 0 Å². The highest BCUT2D eigenvalue weighted by Gasteiger charge is 2.19.